The van der Waals surface area contributed by atoms with Gasteiger partial charge in [0, 0.05) is 55.5 Å². The SMILES string of the molecule is CCCN(CCC)C(=O)c1cc(C(=O)N[C@@H](Cc2cc(F)cc(F)c2)[C@H](O)CNCc2cccc(CN(CC)CC)c2)cc(-c2ncco2)c1. The Labute approximate surface area is 293 Å². The largest absolute Gasteiger partial charge is 0.445 e. The monoisotopic (exact) mass is 689 g/mol. The van der Waals surface area contributed by atoms with Crippen LogP contribution < -0.4 is 10.6 Å². The number of nitrogens with one attached hydrogen (secondary N) is 2. The maximum absolute atomic E-state index is 14.2. The van der Waals surface area contributed by atoms with Gasteiger partial charge in [0.1, 0.15) is 17.9 Å². The van der Waals surface area contributed by atoms with Crippen molar-refractivity contribution in [3.05, 3.63) is 113 Å². The van der Waals surface area contributed by atoms with E-state index in [4.69, 9.17) is 4.42 Å². The van der Waals surface area contributed by atoms with E-state index in [0.717, 1.165) is 44.1 Å². The highest BCUT2D eigenvalue weighted by Crippen LogP contribution is 2.23. The number of aliphatic hydroxyl groups is 1. The van der Waals surface area contributed by atoms with E-state index in [-0.39, 0.29) is 35.9 Å². The van der Waals surface area contributed by atoms with Crippen LogP contribution in [0.4, 0.5) is 8.78 Å². The van der Waals surface area contributed by atoms with Gasteiger partial charge in [-0.15, -0.1) is 0 Å². The Balaban J connectivity index is 1.57. The minimum atomic E-state index is -1.13. The van der Waals surface area contributed by atoms with E-state index in [1.54, 1.807) is 17.0 Å². The van der Waals surface area contributed by atoms with Gasteiger partial charge < -0.3 is 25.1 Å². The van der Waals surface area contributed by atoms with Crippen LogP contribution in [-0.4, -0.2) is 76.6 Å². The third-order valence-electron chi connectivity index (χ3n) is 8.53. The molecule has 50 heavy (non-hydrogen) atoms. The average Bonchev–Trinajstić information content (AvgIpc) is 3.65. The molecule has 0 aliphatic rings. The third-order valence-corrected chi connectivity index (χ3v) is 8.53. The van der Waals surface area contributed by atoms with Gasteiger partial charge in [-0.3, -0.25) is 14.5 Å². The highest BCUT2D eigenvalue weighted by Gasteiger charge is 2.25. The fraction of sp³-hybridized carbons (Fsp3) is 0.410. The summed E-state index contributed by atoms with van der Waals surface area (Å²) in [5, 5.41) is 17.5. The quantitative estimate of drug-likeness (QED) is 0.107. The molecule has 9 nitrogen and oxygen atoms in total. The zero-order valence-electron chi connectivity index (χ0n) is 29.4. The Bertz CT molecular complexity index is 1650. The van der Waals surface area contributed by atoms with Gasteiger partial charge in [0.25, 0.3) is 11.8 Å². The molecule has 0 aliphatic heterocycles. The van der Waals surface area contributed by atoms with Crippen molar-refractivity contribution >= 4 is 11.8 Å². The van der Waals surface area contributed by atoms with Crippen molar-refractivity contribution in [1.29, 1.82) is 0 Å². The van der Waals surface area contributed by atoms with Gasteiger partial charge in [-0.25, -0.2) is 13.8 Å². The van der Waals surface area contributed by atoms with Crippen molar-refractivity contribution in [1.82, 2.24) is 25.4 Å². The molecule has 4 rings (SSSR count). The van der Waals surface area contributed by atoms with Gasteiger partial charge >= 0.3 is 0 Å². The van der Waals surface area contributed by atoms with Gasteiger partial charge in [0.05, 0.1) is 18.3 Å². The van der Waals surface area contributed by atoms with Crippen LogP contribution in [0.2, 0.25) is 0 Å². The topological polar surface area (TPSA) is 111 Å². The average molecular weight is 690 g/mol. The molecule has 0 bridgehead atoms. The van der Waals surface area contributed by atoms with Crippen molar-refractivity contribution in [2.24, 2.45) is 0 Å². The molecule has 0 unspecified atom stereocenters. The summed E-state index contributed by atoms with van der Waals surface area (Å²) in [4.78, 5) is 35.8. The molecule has 0 radical (unpaired) electrons. The molecular weight excluding hydrogens is 640 g/mol. The molecule has 3 N–H and O–H groups in total. The lowest BCUT2D eigenvalue weighted by Gasteiger charge is -2.26. The summed E-state index contributed by atoms with van der Waals surface area (Å²) in [6.45, 7) is 12.7. The summed E-state index contributed by atoms with van der Waals surface area (Å²) in [7, 11) is 0. The van der Waals surface area contributed by atoms with Crippen molar-refractivity contribution in [2.75, 3.05) is 32.7 Å². The minimum absolute atomic E-state index is 0.0470. The van der Waals surface area contributed by atoms with Crippen LogP contribution in [0.3, 0.4) is 0 Å². The van der Waals surface area contributed by atoms with E-state index in [1.165, 1.54) is 36.2 Å². The molecule has 0 saturated carbocycles. The minimum Gasteiger partial charge on any atom is -0.445 e. The lowest BCUT2D eigenvalue weighted by atomic mass is 9.99. The Hall–Kier alpha value is -4.45. The number of hydrogen-bond acceptors (Lipinski definition) is 7. The first-order valence-corrected chi connectivity index (χ1v) is 17.4. The molecule has 4 aromatic rings. The Kier molecular flexibility index (Phi) is 14.6. The first-order chi connectivity index (χ1) is 24.1. The fourth-order valence-corrected chi connectivity index (χ4v) is 5.98. The molecule has 0 aliphatic carbocycles. The highest BCUT2D eigenvalue weighted by molar-refractivity contribution is 6.01. The molecule has 0 spiro atoms. The van der Waals surface area contributed by atoms with E-state index in [1.807, 2.05) is 26.0 Å². The second kappa shape index (κ2) is 19.1. The Morgan fingerprint density at radius 1 is 0.880 bits per heavy atom. The Morgan fingerprint density at radius 3 is 2.20 bits per heavy atom. The van der Waals surface area contributed by atoms with Gasteiger partial charge in [-0.2, -0.15) is 0 Å². The number of aliphatic hydroxyl groups excluding tert-OH is 1. The van der Waals surface area contributed by atoms with Crippen molar-refractivity contribution < 1.29 is 27.9 Å². The second-order valence-corrected chi connectivity index (χ2v) is 12.5. The standard InChI is InChI=1S/C39H49F2N5O4/c1-5-13-46(14-6-2)39(49)32-21-30(20-31(22-32)38-43-12-15-50-38)37(48)44-35(19-29-17-33(40)23-34(41)18-29)36(47)25-42-24-27-10-9-11-28(16-27)26-45(7-3)8-4/h9-12,15-18,20-23,35-36,42,47H,5-8,13-14,19,24-26H2,1-4H3,(H,44,48)/t35-,36+/m0/s1. The van der Waals surface area contributed by atoms with Crippen molar-refractivity contribution in [3.63, 3.8) is 0 Å². The van der Waals surface area contributed by atoms with Crippen molar-refractivity contribution in [3.8, 4) is 11.5 Å². The van der Waals surface area contributed by atoms with Crippen LogP contribution in [0, 0.1) is 11.6 Å². The number of rotatable bonds is 19. The van der Waals surface area contributed by atoms with Gasteiger partial charge in [-0.1, -0.05) is 52.0 Å². The number of hydrogen-bond donors (Lipinski definition) is 3. The summed E-state index contributed by atoms with van der Waals surface area (Å²) < 4.78 is 33.8. The first kappa shape index (κ1) is 38.4. The number of carbonyl (C=O) groups is 2. The summed E-state index contributed by atoms with van der Waals surface area (Å²) >= 11 is 0. The van der Waals surface area contributed by atoms with E-state index in [0.29, 0.717) is 30.8 Å². The van der Waals surface area contributed by atoms with E-state index >= 15 is 0 Å². The number of halogens is 2. The predicted molar refractivity (Wildman–Crippen MR) is 191 cm³/mol. The molecule has 3 aromatic carbocycles. The first-order valence-electron chi connectivity index (χ1n) is 17.4. The second-order valence-electron chi connectivity index (χ2n) is 12.5. The molecule has 0 fully saturated rings. The maximum Gasteiger partial charge on any atom is 0.253 e. The predicted octanol–water partition coefficient (Wildman–Crippen LogP) is 6.22. The molecule has 2 amide bonds. The van der Waals surface area contributed by atoms with Crippen LogP contribution in [-0.2, 0) is 19.5 Å². The van der Waals surface area contributed by atoms with E-state index in [2.05, 4.69) is 46.5 Å². The lowest BCUT2D eigenvalue weighted by Crippen LogP contribution is -2.48. The smallest absolute Gasteiger partial charge is 0.253 e. The number of aromatic nitrogens is 1. The summed E-state index contributed by atoms with van der Waals surface area (Å²) in [6, 6.07) is 15.1. The lowest BCUT2D eigenvalue weighted by molar-refractivity contribution is 0.0755. The molecule has 268 valence electrons. The molecular formula is C39H49F2N5O4. The molecule has 11 heteroatoms. The summed E-state index contributed by atoms with van der Waals surface area (Å²) in [6.07, 6.45) is 3.24. The van der Waals surface area contributed by atoms with E-state index in [9.17, 15) is 23.5 Å². The van der Waals surface area contributed by atoms with Crippen LogP contribution in [0.5, 0.6) is 0 Å². The number of nitrogens with zero attached hydrogens (tertiary/aromatic N) is 3. The van der Waals surface area contributed by atoms with Gasteiger partial charge in [0.2, 0.25) is 5.89 Å². The Morgan fingerprint density at radius 2 is 1.56 bits per heavy atom. The fourth-order valence-electron chi connectivity index (χ4n) is 5.98. The molecule has 1 aromatic heterocycles. The number of amides is 2. The van der Waals surface area contributed by atoms with Gasteiger partial charge in [-0.05, 0) is 79.4 Å². The zero-order chi connectivity index (χ0) is 36.0. The summed E-state index contributed by atoms with van der Waals surface area (Å²) in [5.41, 5.74) is 3.38. The molecule has 0 saturated heterocycles. The van der Waals surface area contributed by atoms with E-state index < -0.39 is 29.7 Å². The zero-order valence-corrected chi connectivity index (χ0v) is 29.4. The van der Waals surface area contributed by atoms with Crippen molar-refractivity contribution in [2.45, 2.75) is 72.2 Å². The highest BCUT2D eigenvalue weighted by atomic mass is 19.1. The molecule has 1 heterocycles. The van der Waals surface area contributed by atoms with Crippen LogP contribution >= 0.6 is 0 Å². The number of benzene rings is 3. The van der Waals surface area contributed by atoms with Crippen LogP contribution in [0.15, 0.2) is 77.5 Å². The van der Waals surface area contributed by atoms with Crippen LogP contribution in [0.1, 0.15) is 77.9 Å². The van der Waals surface area contributed by atoms with Crippen LogP contribution in [0.25, 0.3) is 11.5 Å². The van der Waals surface area contributed by atoms with Gasteiger partial charge in [0.15, 0.2) is 0 Å². The summed E-state index contributed by atoms with van der Waals surface area (Å²) in [5.74, 6) is -2.08. The maximum atomic E-state index is 14.2. The third kappa shape index (κ3) is 11.0. The molecule has 2 atom stereocenters. The number of oxazole rings is 1. The number of carbonyl (C=O) groups excluding carboxylic acids is 2. The normalized spacial score (nSPS) is 12.6.